The molecule has 1 heteroatoms. The van der Waals surface area contributed by atoms with Crippen LogP contribution in [0.5, 0.6) is 0 Å². The fourth-order valence-electron chi connectivity index (χ4n) is 1.74. The summed E-state index contributed by atoms with van der Waals surface area (Å²) in [5.41, 5.74) is 4.57. The largest absolute Gasteiger partial charge is 0.207 e. The normalized spacial score (nSPS) is 9.78. The Labute approximate surface area is 107 Å². The van der Waals surface area contributed by atoms with Gasteiger partial charge in [0.05, 0.1) is 0 Å². The van der Waals surface area contributed by atoms with Crippen molar-refractivity contribution in [1.82, 2.24) is 0 Å². The fraction of sp³-hybridized carbons (Fsp3) is 0.176. The number of hydrogen-bond acceptors (Lipinski definition) is 0. The smallest absolute Gasteiger partial charge is 0.127 e. The van der Waals surface area contributed by atoms with Crippen LogP contribution in [0.15, 0.2) is 36.4 Å². The zero-order chi connectivity index (χ0) is 13.1. The Morgan fingerprint density at radius 1 is 0.833 bits per heavy atom. The molecule has 0 aliphatic heterocycles. The van der Waals surface area contributed by atoms with Crippen molar-refractivity contribution in [3.8, 4) is 11.8 Å². The molecule has 0 N–H and O–H groups in total. The summed E-state index contributed by atoms with van der Waals surface area (Å²) in [4.78, 5) is 0. The van der Waals surface area contributed by atoms with E-state index in [1.807, 2.05) is 44.2 Å². The third kappa shape index (κ3) is 2.78. The Hall–Kier alpha value is -2.07. The quantitative estimate of drug-likeness (QED) is 0.605. The zero-order valence-electron chi connectivity index (χ0n) is 10.8. The van der Waals surface area contributed by atoms with Gasteiger partial charge >= 0.3 is 0 Å². The third-order valence-corrected chi connectivity index (χ3v) is 2.90. The van der Waals surface area contributed by atoms with Crippen LogP contribution in [0.1, 0.15) is 27.8 Å². The van der Waals surface area contributed by atoms with Crippen molar-refractivity contribution < 1.29 is 4.39 Å². The van der Waals surface area contributed by atoms with Gasteiger partial charge in [-0.25, -0.2) is 4.39 Å². The van der Waals surface area contributed by atoms with E-state index in [0.717, 1.165) is 16.7 Å². The first kappa shape index (κ1) is 12.4. The summed E-state index contributed by atoms with van der Waals surface area (Å²) in [6.45, 7) is 5.75. The van der Waals surface area contributed by atoms with Crippen LogP contribution in [0.2, 0.25) is 0 Å². The molecule has 0 amide bonds. The molecule has 0 nitrogen and oxygen atoms in total. The highest BCUT2D eigenvalue weighted by Gasteiger charge is 2.01. The molecule has 0 aromatic heterocycles. The molecule has 2 aromatic carbocycles. The second-order valence-corrected chi connectivity index (χ2v) is 4.53. The van der Waals surface area contributed by atoms with Crippen LogP contribution < -0.4 is 0 Å². The van der Waals surface area contributed by atoms with Crippen LogP contribution in [0, 0.1) is 38.4 Å². The Bertz CT molecular complexity index is 625. The molecule has 0 radical (unpaired) electrons. The van der Waals surface area contributed by atoms with Gasteiger partial charge in [-0.3, -0.25) is 0 Å². The second-order valence-electron chi connectivity index (χ2n) is 4.53. The molecule has 0 aliphatic carbocycles. The van der Waals surface area contributed by atoms with Crippen molar-refractivity contribution in [2.75, 3.05) is 0 Å². The van der Waals surface area contributed by atoms with E-state index in [0.29, 0.717) is 5.56 Å². The third-order valence-electron chi connectivity index (χ3n) is 2.90. The number of aryl methyl sites for hydroxylation is 3. The van der Waals surface area contributed by atoms with Crippen LogP contribution in [-0.4, -0.2) is 0 Å². The first-order valence-electron chi connectivity index (χ1n) is 5.92. The molecule has 0 bridgehead atoms. The molecule has 0 spiro atoms. The molecule has 90 valence electrons. The van der Waals surface area contributed by atoms with Gasteiger partial charge in [-0.1, -0.05) is 35.6 Å². The Balaban J connectivity index is 2.35. The van der Waals surface area contributed by atoms with Crippen LogP contribution in [0.25, 0.3) is 0 Å². The van der Waals surface area contributed by atoms with Gasteiger partial charge in [0.1, 0.15) is 5.82 Å². The molecule has 18 heavy (non-hydrogen) atoms. The fourth-order valence-corrected chi connectivity index (χ4v) is 1.74. The summed E-state index contributed by atoms with van der Waals surface area (Å²) in [5, 5.41) is 0. The van der Waals surface area contributed by atoms with Gasteiger partial charge in [0.25, 0.3) is 0 Å². The van der Waals surface area contributed by atoms with E-state index in [2.05, 4.69) is 11.8 Å². The molecule has 0 fully saturated rings. The van der Waals surface area contributed by atoms with Crippen LogP contribution >= 0.6 is 0 Å². The van der Waals surface area contributed by atoms with E-state index >= 15 is 0 Å². The van der Waals surface area contributed by atoms with Crippen molar-refractivity contribution >= 4 is 0 Å². The maximum Gasteiger partial charge on any atom is 0.127 e. The lowest BCUT2D eigenvalue weighted by molar-refractivity contribution is 0.617. The van der Waals surface area contributed by atoms with E-state index in [1.54, 1.807) is 6.92 Å². The first-order chi connectivity index (χ1) is 8.56. The average molecular weight is 238 g/mol. The molecule has 0 atom stereocenters. The van der Waals surface area contributed by atoms with Crippen molar-refractivity contribution in [2.24, 2.45) is 0 Å². The lowest BCUT2D eigenvalue weighted by Crippen LogP contribution is -1.89. The number of rotatable bonds is 0. The van der Waals surface area contributed by atoms with Crippen molar-refractivity contribution in [3.63, 3.8) is 0 Å². The van der Waals surface area contributed by atoms with Crippen molar-refractivity contribution in [1.29, 1.82) is 0 Å². The highest BCUT2D eigenvalue weighted by molar-refractivity contribution is 5.47. The van der Waals surface area contributed by atoms with Crippen molar-refractivity contribution in [2.45, 2.75) is 20.8 Å². The van der Waals surface area contributed by atoms with E-state index in [9.17, 15) is 4.39 Å². The minimum atomic E-state index is -0.200. The van der Waals surface area contributed by atoms with Gasteiger partial charge in [-0.2, -0.15) is 0 Å². The first-order valence-corrected chi connectivity index (χ1v) is 5.92. The van der Waals surface area contributed by atoms with Gasteiger partial charge in [0, 0.05) is 11.1 Å². The summed E-state index contributed by atoms with van der Waals surface area (Å²) in [7, 11) is 0. The Morgan fingerprint density at radius 3 is 2.17 bits per heavy atom. The summed E-state index contributed by atoms with van der Waals surface area (Å²) < 4.78 is 13.5. The standard InChI is InChI=1S/C17H15F/c1-12-4-6-15(7-5-12)8-9-16-11-17(18)14(3)10-13(16)2/h4-7,10-11H,1-3H3. The predicted octanol–water partition coefficient (Wildman–Crippen LogP) is 4.15. The van der Waals surface area contributed by atoms with Gasteiger partial charge in [-0.15, -0.1) is 0 Å². The van der Waals surface area contributed by atoms with Crippen molar-refractivity contribution in [3.05, 3.63) is 70.0 Å². The lowest BCUT2D eigenvalue weighted by Gasteiger charge is -2.01. The molecular formula is C17H15F. The monoisotopic (exact) mass is 238 g/mol. The summed E-state index contributed by atoms with van der Waals surface area (Å²) in [6.07, 6.45) is 0. The van der Waals surface area contributed by atoms with Gasteiger partial charge in [0.15, 0.2) is 0 Å². The minimum Gasteiger partial charge on any atom is -0.207 e. The maximum absolute atomic E-state index is 13.5. The van der Waals surface area contributed by atoms with E-state index in [4.69, 9.17) is 0 Å². The van der Waals surface area contributed by atoms with Gasteiger partial charge in [0.2, 0.25) is 0 Å². The molecule has 0 unspecified atom stereocenters. The average Bonchev–Trinajstić information content (AvgIpc) is 2.34. The van der Waals surface area contributed by atoms with Crippen LogP contribution in [0.4, 0.5) is 4.39 Å². The van der Waals surface area contributed by atoms with E-state index in [-0.39, 0.29) is 5.82 Å². The number of hydrogen-bond donors (Lipinski definition) is 0. The lowest BCUT2D eigenvalue weighted by atomic mass is 10.0. The Kier molecular flexibility index (Phi) is 3.48. The SMILES string of the molecule is Cc1ccc(C#Cc2cc(F)c(C)cc2C)cc1. The van der Waals surface area contributed by atoms with Crippen LogP contribution in [0.3, 0.4) is 0 Å². The number of halogens is 1. The zero-order valence-corrected chi connectivity index (χ0v) is 10.8. The molecule has 0 heterocycles. The topological polar surface area (TPSA) is 0 Å². The summed E-state index contributed by atoms with van der Waals surface area (Å²) in [6, 6.07) is 11.3. The van der Waals surface area contributed by atoms with Gasteiger partial charge in [-0.05, 0) is 50.1 Å². The molecule has 2 rings (SSSR count). The summed E-state index contributed by atoms with van der Waals surface area (Å²) in [5.74, 6) is 5.89. The van der Waals surface area contributed by atoms with Crippen LogP contribution in [-0.2, 0) is 0 Å². The second kappa shape index (κ2) is 5.06. The molecule has 2 aromatic rings. The molecular weight excluding hydrogens is 223 g/mol. The highest BCUT2D eigenvalue weighted by Crippen LogP contribution is 2.14. The predicted molar refractivity (Wildman–Crippen MR) is 73.0 cm³/mol. The summed E-state index contributed by atoms with van der Waals surface area (Å²) >= 11 is 0. The highest BCUT2D eigenvalue weighted by atomic mass is 19.1. The van der Waals surface area contributed by atoms with E-state index < -0.39 is 0 Å². The Morgan fingerprint density at radius 2 is 1.50 bits per heavy atom. The molecule has 0 aliphatic rings. The minimum absolute atomic E-state index is 0.200. The molecule has 0 saturated heterocycles. The molecule has 0 saturated carbocycles. The number of benzene rings is 2. The maximum atomic E-state index is 13.5. The van der Waals surface area contributed by atoms with E-state index in [1.165, 1.54) is 11.6 Å². The van der Waals surface area contributed by atoms with Gasteiger partial charge < -0.3 is 0 Å².